The van der Waals surface area contributed by atoms with Crippen LogP contribution in [0.1, 0.15) is 46.5 Å². The molecular weight excluding hydrogens is 306 g/mol. The number of rotatable bonds is 3. The molecule has 0 saturated heterocycles. The highest BCUT2D eigenvalue weighted by molar-refractivity contribution is 5.86. The van der Waals surface area contributed by atoms with Crippen molar-refractivity contribution in [3.8, 4) is 0 Å². The quantitative estimate of drug-likeness (QED) is 0.803. The van der Waals surface area contributed by atoms with Crippen LogP contribution in [0.25, 0.3) is 11.0 Å². The third-order valence-corrected chi connectivity index (χ3v) is 4.14. The van der Waals surface area contributed by atoms with Gasteiger partial charge in [-0.1, -0.05) is 0 Å². The number of carbonyl (C=O) groups excluding carboxylic acids is 1. The van der Waals surface area contributed by atoms with Gasteiger partial charge in [0.15, 0.2) is 0 Å². The second-order valence-electron chi connectivity index (χ2n) is 7.30. The molecule has 0 atom stereocenters. The molecule has 0 spiro atoms. The first-order valence-corrected chi connectivity index (χ1v) is 8.45. The third-order valence-electron chi connectivity index (χ3n) is 4.14. The van der Waals surface area contributed by atoms with Gasteiger partial charge in [-0.3, -0.25) is 0 Å². The van der Waals surface area contributed by atoms with Crippen LogP contribution in [0.4, 0.5) is 10.6 Å². The number of nitrogens with zero attached hydrogens (tertiary/aromatic N) is 2. The Balaban J connectivity index is 1.50. The highest BCUT2D eigenvalue weighted by atomic mass is 16.6. The summed E-state index contributed by atoms with van der Waals surface area (Å²) in [4.78, 5) is 23.5. The van der Waals surface area contributed by atoms with E-state index in [0.717, 1.165) is 42.5 Å². The first kappa shape index (κ1) is 16.5. The molecule has 3 N–H and O–H groups in total. The van der Waals surface area contributed by atoms with Crippen LogP contribution in [0.2, 0.25) is 0 Å². The fourth-order valence-corrected chi connectivity index (χ4v) is 3.04. The van der Waals surface area contributed by atoms with Crippen molar-refractivity contribution in [2.45, 2.75) is 64.1 Å². The SMILES string of the molecule is CC(C)(C)OC(=O)NC1CCC(Nc2ncnc3[nH]ccc23)CC1. The summed E-state index contributed by atoms with van der Waals surface area (Å²) < 4.78 is 5.32. The number of amides is 1. The summed E-state index contributed by atoms with van der Waals surface area (Å²) in [6, 6.07) is 2.51. The van der Waals surface area contributed by atoms with Gasteiger partial charge < -0.3 is 20.4 Å². The minimum absolute atomic E-state index is 0.176. The van der Waals surface area contributed by atoms with Crippen LogP contribution in [0.3, 0.4) is 0 Å². The van der Waals surface area contributed by atoms with Crippen LogP contribution >= 0.6 is 0 Å². The smallest absolute Gasteiger partial charge is 0.407 e. The number of hydrogen-bond donors (Lipinski definition) is 3. The Bertz CT molecular complexity index is 698. The number of aromatic nitrogens is 3. The van der Waals surface area contributed by atoms with Crippen molar-refractivity contribution < 1.29 is 9.53 Å². The van der Waals surface area contributed by atoms with Crippen molar-refractivity contribution in [2.24, 2.45) is 0 Å². The van der Waals surface area contributed by atoms with Gasteiger partial charge in [0.05, 0.1) is 5.39 Å². The Kier molecular flexibility index (Phi) is 4.59. The molecule has 0 unspecified atom stereocenters. The predicted molar refractivity (Wildman–Crippen MR) is 92.9 cm³/mol. The molecule has 1 aliphatic carbocycles. The normalized spacial score (nSPS) is 21.5. The fourth-order valence-electron chi connectivity index (χ4n) is 3.04. The number of carbonyl (C=O) groups is 1. The lowest BCUT2D eigenvalue weighted by Gasteiger charge is -2.30. The van der Waals surface area contributed by atoms with Gasteiger partial charge in [-0.05, 0) is 52.5 Å². The molecule has 130 valence electrons. The molecule has 24 heavy (non-hydrogen) atoms. The molecule has 0 bridgehead atoms. The summed E-state index contributed by atoms with van der Waals surface area (Å²) in [6.07, 6.45) is 6.93. The van der Waals surface area contributed by atoms with Crippen LogP contribution in [0.5, 0.6) is 0 Å². The maximum absolute atomic E-state index is 11.8. The lowest BCUT2D eigenvalue weighted by atomic mass is 9.91. The van der Waals surface area contributed by atoms with Crippen LogP contribution in [-0.4, -0.2) is 38.7 Å². The fraction of sp³-hybridized carbons (Fsp3) is 0.588. The second kappa shape index (κ2) is 6.67. The average molecular weight is 331 g/mol. The van der Waals surface area contributed by atoms with E-state index in [0.29, 0.717) is 6.04 Å². The maximum Gasteiger partial charge on any atom is 0.407 e. The molecule has 0 aliphatic heterocycles. The minimum Gasteiger partial charge on any atom is -0.444 e. The van der Waals surface area contributed by atoms with E-state index in [-0.39, 0.29) is 12.1 Å². The van der Waals surface area contributed by atoms with E-state index in [1.165, 1.54) is 0 Å². The van der Waals surface area contributed by atoms with Gasteiger partial charge in [0.2, 0.25) is 0 Å². The molecule has 7 nitrogen and oxygen atoms in total. The van der Waals surface area contributed by atoms with Crippen molar-refractivity contribution in [2.75, 3.05) is 5.32 Å². The Morgan fingerprint density at radius 1 is 1.21 bits per heavy atom. The summed E-state index contributed by atoms with van der Waals surface area (Å²) in [5, 5.41) is 7.48. The molecule has 3 rings (SSSR count). The monoisotopic (exact) mass is 331 g/mol. The van der Waals surface area contributed by atoms with Gasteiger partial charge in [0.1, 0.15) is 23.4 Å². The Morgan fingerprint density at radius 3 is 2.62 bits per heavy atom. The van der Waals surface area contributed by atoms with E-state index in [1.54, 1.807) is 6.33 Å². The minimum atomic E-state index is -0.461. The van der Waals surface area contributed by atoms with Crippen LogP contribution in [0, 0.1) is 0 Å². The lowest BCUT2D eigenvalue weighted by Crippen LogP contribution is -2.42. The van der Waals surface area contributed by atoms with Gasteiger partial charge in [0, 0.05) is 18.3 Å². The van der Waals surface area contributed by atoms with Crippen molar-refractivity contribution in [3.63, 3.8) is 0 Å². The van der Waals surface area contributed by atoms with Gasteiger partial charge in [0.25, 0.3) is 0 Å². The number of fused-ring (bicyclic) bond motifs is 1. The molecule has 2 heterocycles. The van der Waals surface area contributed by atoms with Crippen LogP contribution < -0.4 is 10.6 Å². The van der Waals surface area contributed by atoms with Gasteiger partial charge in [-0.2, -0.15) is 0 Å². The molecule has 0 aromatic carbocycles. The topological polar surface area (TPSA) is 91.9 Å². The number of aromatic amines is 1. The van der Waals surface area contributed by atoms with Crippen LogP contribution in [0.15, 0.2) is 18.6 Å². The number of alkyl carbamates (subject to hydrolysis) is 1. The number of nitrogens with one attached hydrogen (secondary N) is 3. The summed E-state index contributed by atoms with van der Waals surface area (Å²) in [7, 11) is 0. The summed E-state index contributed by atoms with van der Waals surface area (Å²) >= 11 is 0. The van der Waals surface area contributed by atoms with Gasteiger partial charge in [-0.25, -0.2) is 14.8 Å². The lowest BCUT2D eigenvalue weighted by molar-refractivity contribution is 0.0492. The number of ether oxygens (including phenoxy) is 1. The zero-order valence-electron chi connectivity index (χ0n) is 14.4. The molecular formula is C17H25N5O2. The molecule has 2 aromatic rings. The largest absolute Gasteiger partial charge is 0.444 e. The second-order valence-corrected chi connectivity index (χ2v) is 7.30. The van der Waals surface area contributed by atoms with Gasteiger partial charge in [-0.15, -0.1) is 0 Å². The highest BCUT2D eigenvalue weighted by Gasteiger charge is 2.25. The molecule has 0 radical (unpaired) electrons. The Morgan fingerprint density at radius 2 is 1.92 bits per heavy atom. The third kappa shape index (κ3) is 4.15. The molecule has 2 aromatic heterocycles. The molecule has 1 aliphatic rings. The standard InChI is InChI=1S/C17H25N5O2/c1-17(2,3)24-16(23)22-12-6-4-11(5-7-12)21-15-13-8-9-18-14(13)19-10-20-15/h8-12H,4-7H2,1-3H3,(H,22,23)(H2,18,19,20,21). The summed E-state index contributed by atoms with van der Waals surface area (Å²) in [6.45, 7) is 5.62. The van der Waals surface area contributed by atoms with E-state index >= 15 is 0 Å². The van der Waals surface area contributed by atoms with Crippen molar-refractivity contribution in [1.82, 2.24) is 20.3 Å². The number of hydrogen-bond acceptors (Lipinski definition) is 5. The van der Waals surface area contributed by atoms with Crippen molar-refractivity contribution in [1.29, 1.82) is 0 Å². The van der Waals surface area contributed by atoms with E-state index in [2.05, 4.69) is 25.6 Å². The zero-order chi connectivity index (χ0) is 17.2. The first-order chi connectivity index (χ1) is 11.4. The van der Waals surface area contributed by atoms with Crippen molar-refractivity contribution >= 4 is 22.9 Å². The maximum atomic E-state index is 11.8. The molecule has 1 amide bonds. The van der Waals surface area contributed by atoms with E-state index in [4.69, 9.17) is 4.74 Å². The van der Waals surface area contributed by atoms with Crippen LogP contribution in [-0.2, 0) is 4.74 Å². The first-order valence-electron chi connectivity index (χ1n) is 8.45. The number of anilines is 1. The molecule has 7 heteroatoms. The number of H-pyrrole nitrogens is 1. The van der Waals surface area contributed by atoms with Crippen molar-refractivity contribution in [3.05, 3.63) is 18.6 Å². The van der Waals surface area contributed by atoms with E-state index < -0.39 is 5.60 Å². The molecule has 1 saturated carbocycles. The Hall–Kier alpha value is -2.31. The zero-order valence-corrected chi connectivity index (χ0v) is 14.4. The van der Waals surface area contributed by atoms with Gasteiger partial charge >= 0.3 is 6.09 Å². The van der Waals surface area contributed by atoms with E-state index in [1.807, 2.05) is 33.0 Å². The van der Waals surface area contributed by atoms with E-state index in [9.17, 15) is 4.79 Å². The highest BCUT2D eigenvalue weighted by Crippen LogP contribution is 2.25. The predicted octanol–water partition coefficient (Wildman–Crippen LogP) is 3.21. The summed E-state index contributed by atoms with van der Waals surface area (Å²) in [5.74, 6) is 0.866. The summed E-state index contributed by atoms with van der Waals surface area (Å²) in [5.41, 5.74) is 0.380. The Labute approximate surface area is 141 Å². The average Bonchev–Trinajstić information content (AvgIpc) is 2.97. The molecule has 1 fully saturated rings.